The standard InChI is InChI=1S/C21H38N4O/c1-16-8-10-17(11-9-16)14-23-21(22-2)24-19-12-13-25(15-19)20(26)18-6-4-3-5-7-18/h16-19H,3-15H2,1-2H3,(H2,22,23,24). The summed E-state index contributed by atoms with van der Waals surface area (Å²) in [6, 6.07) is 0.333. The smallest absolute Gasteiger partial charge is 0.225 e. The molecule has 3 fully saturated rings. The van der Waals surface area contributed by atoms with Gasteiger partial charge in [-0.3, -0.25) is 9.79 Å². The largest absolute Gasteiger partial charge is 0.356 e. The van der Waals surface area contributed by atoms with Gasteiger partial charge in [0.05, 0.1) is 0 Å². The second-order valence-electron chi connectivity index (χ2n) is 8.83. The number of nitrogens with zero attached hydrogens (tertiary/aromatic N) is 2. The number of hydrogen-bond acceptors (Lipinski definition) is 2. The summed E-state index contributed by atoms with van der Waals surface area (Å²) in [6.45, 7) is 5.11. The van der Waals surface area contributed by atoms with Crippen molar-refractivity contribution in [1.82, 2.24) is 15.5 Å². The summed E-state index contributed by atoms with van der Waals surface area (Å²) in [5.41, 5.74) is 0. The van der Waals surface area contributed by atoms with Gasteiger partial charge in [0.25, 0.3) is 0 Å². The van der Waals surface area contributed by atoms with Crippen LogP contribution in [0, 0.1) is 17.8 Å². The molecule has 1 aliphatic heterocycles. The van der Waals surface area contributed by atoms with Gasteiger partial charge in [-0.05, 0) is 43.9 Å². The Morgan fingerprint density at radius 3 is 2.46 bits per heavy atom. The lowest BCUT2D eigenvalue weighted by molar-refractivity contribution is -0.135. The molecule has 0 aromatic carbocycles. The minimum Gasteiger partial charge on any atom is -0.356 e. The highest BCUT2D eigenvalue weighted by molar-refractivity contribution is 5.81. The van der Waals surface area contributed by atoms with E-state index in [9.17, 15) is 4.79 Å². The summed E-state index contributed by atoms with van der Waals surface area (Å²) in [5, 5.41) is 7.07. The van der Waals surface area contributed by atoms with Crippen molar-refractivity contribution in [2.75, 3.05) is 26.7 Å². The van der Waals surface area contributed by atoms with E-state index in [2.05, 4.69) is 27.4 Å². The van der Waals surface area contributed by atoms with Crippen molar-refractivity contribution in [3.05, 3.63) is 0 Å². The quantitative estimate of drug-likeness (QED) is 0.597. The molecule has 2 saturated carbocycles. The summed E-state index contributed by atoms with van der Waals surface area (Å²) >= 11 is 0. The van der Waals surface area contributed by atoms with E-state index in [1.54, 1.807) is 0 Å². The molecule has 26 heavy (non-hydrogen) atoms. The van der Waals surface area contributed by atoms with Gasteiger partial charge in [-0.2, -0.15) is 0 Å². The molecule has 2 aliphatic carbocycles. The first-order valence-corrected chi connectivity index (χ1v) is 10.9. The second-order valence-corrected chi connectivity index (χ2v) is 8.83. The molecule has 0 bridgehead atoms. The van der Waals surface area contributed by atoms with E-state index < -0.39 is 0 Å². The van der Waals surface area contributed by atoms with Gasteiger partial charge >= 0.3 is 0 Å². The van der Waals surface area contributed by atoms with Gasteiger partial charge in [-0.15, -0.1) is 0 Å². The van der Waals surface area contributed by atoms with Crippen molar-refractivity contribution < 1.29 is 4.79 Å². The Kier molecular flexibility index (Phi) is 7.21. The molecular weight excluding hydrogens is 324 g/mol. The Morgan fingerprint density at radius 2 is 1.77 bits per heavy atom. The minimum atomic E-state index is 0.286. The minimum absolute atomic E-state index is 0.286. The summed E-state index contributed by atoms with van der Waals surface area (Å²) in [5.74, 6) is 3.26. The fourth-order valence-electron chi connectivity index (χ4n) is 4.85. The van der Waals surface area contributed by atoms with Crippen LogP contribution in [0.15, 0.2) is 4.99 Å². The van der Waals surface area contributed by atoms with E-state index >= 15 is 0 Å². The van der Waals surface area contributed by atoms with Gasteiger partial charge in [-0.25, -0.2) is 0 Å². The fourth-order valence-corrected chi connectivity index (χ4v) is 4.85. The average molecular weight is 363 g/mol. The zero-order chi connectivity index (χ0) is 18.4. The van der Waals surface area contributed by atoms with Crippen LogP contribution in [-0.4, -0.2) is 49.5 Å². The van der Waals surface area contributed by atoms with Crippen molar-refractivity contribution in [1.29, 1.82) is 0 Å². The highest BCUT2D eigenvalue weighted by Gasteiger charge is 2.31. The molecule has 1 atom stereocenters. The molecule has 0 aromatic heterocycles. The first-order chi connectivity index (χ1) is 12.7. The van der Waals surface area contributed by atoms with E-state index in [0.717, 1.165) is 56.7 Å². The molecule has 3 rings (SSSR count). The Morgan fingerprint density at radius 1 is 1.04 bits per heavy atom. The number of guanidine groups is 1. The van der Waals surface area contributed by atoms with E-state index in [-0.39, 0.29) is 5.92 Å². The molecule has 3 aliphatic rings. The highest BCUT2D eigenvalue weighted by Crippen LogP contribution is 2.28. The van der Waals surface area contributed by atoms with Gasteiger partial charge in [0, 0.05) is 38.6 Å². The number of carbonyl (C=O) groups is 1. The Labute approximate surface area is 159 Å². The molecule has 0 spiro atoms. The van der Waals surface area contributed by atoms with Crippen LogP contribution in [0.2, 0.25) is 0 Å². The van der Waals surface area contributed by atoms with Crippen molar-refractivity contribution in [3.63, 3.8) is 0 Å². The Hall–Kier alpha value is -1.26. The lowest BCUT2D eigenvalue weighted by Gasteiger charge is -2.28. The predicted octanol–water partition coefficient (Wildman–Crippen LogP) is 3.16. The lowest BCUT2D eigenvalue weighted by Crippen LogP contribution is -2.46. The first-order valence-electron chi connectivity index (χ1n) is 10.9. The molecule has 0 aromatic rings. The number of likely N-dealkylation sites (tertiary alicyclic amines) is 1. The molecule has 1 saturated heterocycles. The third-order valence-corrected chi connectivity index (χ3v) is 6.71. The number of amides is 1. The van der Waals surface area contributed by atoms with Crippen LogP contribution in [0.25, 0.3) is 0 Å². The molecular formula is C21H38N4O. The SMILES string of the molecule is CN=C(NCC1CCC(C)CC1)NC1CCN(C(=O)C2CCCCC2)C1. The topological polar surface area (TPSA) is 56.7 Å². The van der Waals surface area contributed by atoms with Gasteiger partial charge in [0.1, 0.15) is 0 Å². The van der Waals surface area contributed by atoms with Gasteiger partial charge in [-0.1, -0.05) is 39.0 Å². The Balaban J connectivity index is 1.39. The monoisotopic (exact) mass is 362 g/mol. The van der Waals surface area contributed by atoms with Crippen molar-refractivity contribution in [3.8, 4) is 0 Å². The van der Waals surface area contributed by atoms with E-state index in [1.807, 2.05) is 7.05 Å². The van der Waals surface area contributed by atoms with Crippen LogP contribution in [0.1, 0.15) is 71.1 Å². The van der Waals surface area contributed by atoms with E-state index in [1.165, 1.54) is 44.9 Å². The molecule has 5 heteroatoms. The summed E-state index contributed by atoms with van der Waals surface area (Å²) in [4.78, 5) is 19.2. The summed E-state index contributed by atoms with van der Waals surface area (Å²) in [7, 11) is 1.85. The van der Waals surface area contributed by atoms with Crippen LogP contribution >= 0.6 is 0 Å². The summed E-state index contributed by atoms with van der Waals surface area (Å²) in [6.07, 6.45) is 12.4. The second kappa shape index (κ2) is 9.61. The molecule has 0 radical (unpaired) electrons. The lowest BCUT2D eigenvalue weighted by atomic mass is 9.83. The number of carbonyl (C=O) groups excluding carboxylic acids is 1. The van der Waals surface area contributed by atoms with Gasteiger partial charge < -0.3 is 15.5 Å². The number of nitrogens with one attached hydrogen (secondary N) is 2. The maximum atomic E-state index is 12.7. The van der Waals surface area contributed by atoms with Crippen LogP contribution in [0.5, 0.6) is 0 Å². The maximum Gasteiger partial charge on any atom is 0.225 e. The van der Waals surface area contributed by atoms with Crippen molar-refractivity contribution in [2.24, 2.45) is 22.7 Å². The molecule has 1 amide bonds. The number of hydrogen-bond donors (Lipinski definition) is 2. The van der Waals surface area contributed by atoms with E-state index in [0.29, 0.717) is 11.9 Å². The van der Waals surface area contributed by atoms with Crippen LogP contribution in [0.3, 0.4) is 0 Å². The fraction of sp³-hybridized carbons (Fsp3) is 0.905. The molecule has 5 nitrogen and oxygen atoms in total. The zero-order valence-electron chi connectivity index (χ0n) is 16.8. The summed E-state index contributed by atoms with van der Waals surface area (Å²) < 4.78 is 0. The first kappa shape index (κ1) is 19.5. The predicted molar refractivity (Wildman–Crippen MR) is 107 cm³/mol. The molecule has 148 valence electrons. The van der Waals surface area contributed by atoms with Gasteiger partial charge in [0.2, 0.25) is 5.91 Å². The molecule has 1 heterocycles. The van der Waals surface area contributed by atoms with Crippen LogP contribution < -0.4 is 10.6 Å². The van der Waals surface area contributed by atoms with Gasteiger partial charge in [0.15, 0.2) is 5.96 Å². The average Bonchev–Trinajstić information content (AvgIpc) is 3.15. The van der Waals surface area contributed by atoms with Crippen LogP contribution in [0.4, 0.5) is 0 Å². The van der Waals surface area contributed by atoms with Crippen molar-refractivity contribution in [2.45, 2.75) is 77.2 Å². The molecule has 2 N–H and O–H groups in total. The maximum absolute atomic E-state index is 12.7. The van der Waals surface area contributed by atoms with E-state index in [4.69, 9.17) is 0 Å². The molecule has 1 unspecified atom stereocenters. The Bertz CT molecular complexity index is 478. The van der Waals surface area contributed by atoms with Crippen LogP contribution in [-0.2, 0) is 4.79 Å². The number of rotatable bonds is 4. The number of aliphatic imine (C=N–C) groups is 1. The third kappa shape index (κ3) is 5.37. The normalized spacial score (nSPS) is 31.1. The highest BCUT2D eigenvalue weighted by atomic mass is 16.2. The third-order valence-electron chi connectivity index (χ3n) is 6.71. The van der Waals surface area contributed by atoms with Crippen molar-refractivity contribution >= 4 is 11.9 Å². The zero-order valence-corrected chi connectivity index (χ0v) is 16.8.